The molecule has 0 bridgehead atoms. The molecule has 4 heteroatoms. The fraction of sp³-hybridized carbons (Fsp3) is 0.571. The Hall–Kier alpha value is -1.58. The molecule has 0 aliphatic heterocycles. The summed E-state index contributed by atoms with van der Waals surface area (Å²) in [6.07, 6.45) is 7.06. The predicted molar refractivity (Wildman–Crippen MR) is 69.0 cm³/mol. The first-order valence-corrected chi connectivity index (χ1v) is 6.88. The standard InChI is InChI=1S/C14H17N3O/c1-2-18-14-11-10(7-15-17-14)12(8-3-4-8)16-13(11)9-5-6-9/h7-9,16H,2-6H2,1H3. The van der Waals surface area contributed by atoms with Crippen molar-refractivity contribution in [3.63, 3.8) is 0 Å². The van der Waals surface area contributed by atoms with Crippen molar-refractivity contribution in [3.8, 4) is 5.88 Å². The van der Waals surface area contributed by atoms with E-state index in [0.717, 1.165) is 0 Å². The van der Waals surface area contributed by atoms with E-state index in [2.05, 4.69) is 15.2 Å². The summed E-state index contributed by atoms with van der Waals surface area (Å²) in [4.78, 5) is 3.65. The van der Waals surface area contributed by atoms with Crippen LogP contribution in [0, 0.1) is 0 Å². The number of fused-ring (bicyclic) bond motifs is 1. The second-order valence-corrected chi connectivity index (χ2v) is 5.37. The van der Waals surface area contributed by atoms with E-state index in [9.17, 15) is 0 Å². The molecule has 18 heavy (non-hydrogen) atoms. The van der Waals surface area contributed by atoms with Gasteiger partial charge in [0, 0.05) is 16.8 Å². The number of H-pyrrole nitrogens is 1. The topological polar surface area (TPSA) is 50.8 Å². The number of hydrogen-bond donors (Lipinski definition) is 1. The largest absolute Gasteiger partial charge is 0.476 e. The van der Waals surface area contributed by atoms with E-state index in [-0.39, 0.29) is 0 Å². The molecule has 0 aromatic carbocycles. The van der Waals surface area contributed by atoms with Gasteiger partial charge in [0.2, 0.25) is 5.88 Å². The Morgan fingerprint density at radius 2 is 1.94 bits per heavy atom. The third kappa shape index (κ3) is 1.51. The summed E-state index contributed by atoms with van der Waals surface area (Å²) in [5, 5.41) is 10.7. The Bertz CT molecular complexity index is 596. The number of ether oxygens (including phenoxy) is 1. The highest BCUT2D eigenvalue weighted by Crippen LogP contribution is 2.49. The monoisotopic (exact) mass is 243 g/mol. The van der Waals surface area contributed by atoms with Crippen LogP contribution in [-0.4, -0.2) is 21.8 Å². The van der Waals surface area contributed by atoms with E-state index in [1.54, 1.807) is 0 Å². The van der Waals surface area contributed by atoms with Crippen molar-refractivity contribution < 1.29 is 4.74 Å². The summed E-state index contributed by atoms with van der Waals surface area (Å²) in [6.45, 7) is 2.63. The second-order valence-electron chi connectivity index (χ2n) is 5.37. The molecule has 2 fully saturated rings. The van der Waals surface area contributed by atoms with Gasteiger partial charge in [-0.3, -0.25) is 0 Å². The molecule has 2 saturated carbocycles. The molecular formula is C14H17N3O. The zero-order valence-corrected chi connectivity index (χ0v) is 10.6. The quantitative estimate of drug-likeness (QED) is 0.897. The van der Waals surface area contributed by atoms with Crippen LogP contribution in [0.5, 0.6) is 5.88 Å². The summed E-state index contributed by atoms with van der Waals surface area (Å²) in [6, 6.07) is 0. The molecule has 0 amide bonds. The number of hydrogen-bond acceptors (Lipinski definition) is 3. The summed E-state index contributed by atoms with van der Waals surface area (Å²) in [5.41, 5.74) is 2.70. The highest BCUT2D eigenvalue weighted by Gasteiger charge is 2.34. The SMILES string of the molecule is CCOc1nncc2c(C3CC3)[nH]c(C3CC3)c12. The van der Waals surface area contributed by atoms with E-state index in [1.807, 2.05) is 13.1 Å². The minimum absolute atomic E-state index is 0.641. The van der Waals surface area contributed by atoms with Gasteiger partial charge in [-0.15, -0.1) is 5.10 Å². The van der Waals surface area contributed by atoms with Crippen LogP contribution in [0.15, 0.2) is 6.20 Å². The van der Waals surface area contributed by atoms with Gasteiger partial charge in [0.25, 0.3) is 0 Å². The molecule has 2 aromatic rings. The average Bonchev–Trinajstić information content (AvgIpc) is 3.28. The molecule has 0 atom stereocenters. The molecule has 2 aromatic heterocycles. The van der Waals surface area contributed by atoms with Crippen molar-refractivity contribution in [1.29, 1.82) is 0 Å². The maximum Gasteiger partial charge on any atom is 0.243 e. The third-order valence-corrected chi connectivity index (χ3v) is 3.90. The molecule has 2 heterocycles. The summed E-state index contributed by atoms with van der Waals surface area (Å²) in [7, 11) is 0. The lowest BCUT2D eigenvalue weighted by atomic mass is 10.1. The molecule has 2 aliphatic carbocycles. The fourth-order valence-electron chi connectivity index (χ4n) is 2.72. The first-order valence-electron chi connectivity index (χ1n) is 6.88. The number of rotatable bonds is 4. The predicted octanol–water partition coefficient (Wildman–Crippen LogP) is 3.11. The van der Waals surface area contributed by atoms with Crippen LogP contribution in [0.1, 0.15) is 55.8 Å². The highest BCUT2D eigenvalue weighted by atomic mass is 16.5. The Morgan fingerprint density at radius 1 is 1.22 bits per heavy atom. The smallest absolute Gasteiger partial charge is 0.243 e. The van der Waals surface area contributed by atoms with Crippen molar-refractivity contribution in [2.24, 2.45) is 0 Å². The van der Waals surface area contributed by atoms with E-state index in [4.69, 9.17) is 4.74 Å². The van der Waals surface area contributed by atoms with Crippen LogP contribution in [-0.2, 0) is 0 Å². The van der Waals surface area contributed by atoms with Gasteiger partial charge in [-0.1, -0.05) is 0 Å². The van der Waals surface area contributed by atoms with Gasteiger partial charge in [0.1, 0.15) is 0 Å². The Balaban J connectivity index is 1.95. The van der Waals surface area contributed by atoms with Gasteiger partial charge in [0.05, 0.1) is 18.2 Å². The van der Waals surface area contributed by atoms with Gasteiger partial charge in [-0.05, 0) is 44.4 Å². The zero-order chi connectivity index (χ0) is 12.1. The van der Waals surface area contributed by atoms with Crippen molar-refractivity contribution >= 4 is 10.8 Å². The molecule has 94 valence electrons. The maximum atomic E-state index is 5.66. The summed E-state index contributed by atoms with van der Waals surface area (Å²) < 4.78 is 5.66. The van der Waals surface area contributed by atoms with Gasteiger partial charge < -0.3 is 9.72 Å². The van der Waals surface area contributed by atoms with Crippen LogP contribution in [0.4, 0.5) is 0 Å². The van der Waals surface area contributed by atoms with Gasteiger partial charge in [0.15, 0.2) is 0 Å². The molecule has 0 saturated heterocycles. The average molecular weight is 243 g/mol. The van der Waals surface area contributed by atoms with E-state index in [1.165, 1.54) is 47.8 Å². The van der Waals surface area contributed by atoms with Gasteiger partial charge in [-0.2, -0.15) is 5.10 Å². The highest BCUT2D eigenvalue weighted by molar-refractivity contribution is 5.92. The Morgan fingerprint density at radius 3 is 2.61 bits per heavy atom. The number of nitrogens with zero attached hydrogens (tertiary/aromatic N) is 2. The van der Waals surface area contributed by atoms with Crippen LogP contribution in [0.3, 0.4) is 0 Å². The maximum absolute atomic E-state index is 5.66. The first-order chi connectivity index (χ1) is 8.88. The van der Waals surface area contributed by atoms with Crippen molar-refractivity contribution in [2.75, 3.05) is 6.61 Å². The minimum atomic E-state index is 0.641. The molecule has 0 spiro atoms. The zero-order valence-electron chi connectivity index (χ0n) is 10.6. The molecule has 1 N–H and O–H groups in total. The number of aromatic amines is 1. The summed E-state index contributed by atoms with van der Waals surface area (Å²) in [5.74, 6) is 2.10. The van der Waals surface area contributed by atoms with Crippen LogP contribution >= 0.6 is 0 Å². The molecule has 4 rings (SSSR count). The third-order valence-electron chi connectivity index (χ3n) is 3.90. The summed E-state index contributed by atoms with van der Waals surface area (Å²) >= 11 is 0. The normalized spacial score (nSPS) is 19.4. The van der Waals surface area contributed by atoms with Gasteiger partial charge >= 0.3 is 0 Å². The van der Waals surface area contributed by atoms with E-state index >= 15 is 0 Å². The van der Waals surface area contributed by atoms with Crippen molar-refractivity contribution in [3.05, 3.63) is 17.6 Å². The molecule has 0 radical (unpaired) electrons. The number of aromatic nitrogens is 3. The second kappa shape index (κ2) is 3.70. The molecule has 0 unspecified atom stereocenters. The first kappa shape index (κ1) is 10.4. The molecule has 2 aliphatic rings. The lowest BCUT2D eigenvalue weighted by Crippen LogP contribution is -1.97. The van der Waals surface area contributed by atoms with Crippen molar-refractivity contribution in [1.82, 2.24) is 15.2 Å². The van der Waals surface area contributed by atoms with Crippen LogP contribution in [0.2, 0.25) is 0 Å². The lowest BCUT2D eigenvalue weighted by Gasteiger charge is -2.03. The van der Waals surface area contributed by atoms with E-state index < -0.39 is 0 Å². The Kier molecular flexibility index (Phi) is 2.13. The van der Waals surface area contributed by atoms with Crippen LogP contribution < -0.4 is 4.74 Å². The Labute approximate surface area is 106 Å². The minimum Gasteiger partial charge on any atom is -0.476 e. The molecule has 4 nitrogen and oxygen atoms in total. The van der Waals surface area contributed by atoms with Crippen molar-refractivity contribution in [2.45, 2.75) is 44.4 Å². The lowest BCUT2D eigenvalue weighted by molar-refractivity contribution is 0.327. The van der Waals surface area contributed by atoms with Gasteiger partial charge in [-0.25, -0.2) is 0 Å². The number of nitrogens with one attached hydrogen (secondary N) is 1. The van der Waals surface area contributed by atoms with Crippen LogP contribution in [0.25, 0.3) is 10.8 Å². The molecular weight excluding hydrogens is 226 g/mol. The fourth-order valence-corrected chi connectivity index (χ4v) is 2.72. The van der Waals surface area contributed by atoms with E-state index in [0.29, 0.717) is 24.3 Å².